The topological polar surface area (TPSA) is 38.0 Å². The first kappa shape index (κ1) is 15.3. The molecule has 2 heteroatoms. The Labute approximate surface area is 127 Å². The Morgan fingerprint density at radius 1 is 1.19 bits per heavy atom. The second kappa shape index (κ2) is 8.26. The molecule has 2 rings (SSSR count). The molecule has 1 atom stereocenters. The van der Waals surface area contributed by atoms with Crippen molar-refractivity contribution >= 4 is 10.8 Å². The fourth-order valence-electron chi connectivity index (χ4n) is 2.30. The van der Waals surface area contributed by atoms with Gasteiger partial charge in [0.05, 0.1) is 0 Å². The maximum Gasteiger partial charge on any atom is 0.0300 e. The molecule has 108 valence electrons. The van der Waals surface area contributed by atoms with E-state index in [2.05, 4.69) is 66.5 Å². The van der Waals surface area contributed by atoms with Crippen molar-refractivity contribution in [3.63, 3.8) is 0 Å². The zero-order valence-corrected chi connectivity index (χ0v) is 12.5. The molecular formula is C19H22N2. The highest BCUT2D eigenvalue weighted by Gasteiger charge is 2.07. The third-order valence-electron chi connectivity index (χ3n) is 3.40. The summed E-state index contributed by atoms with van der Waals surface area (Å²) in [6, 6.07) is 15.2. The van der Waals surface area contributed by atoms with Gasteiger partial charge in [0, 0.05) is 25.6 Å². The number of nitrogens with two attached hydrogens (primary N) is 1. The number of fused-ring (bicyclic) bond motifs is 1. The molecule has 0 aliphatic heterocycles. The summed E-state index contributed by atoms with van der Waals surface area (Å²) in [4.78, 5) is 0. The van der Waals surface area contributed by atoms with Crippen LogP contribution in [-0.2, 0) is 0 Å². The average molecular weight is 278 g/mol. The predicted molar refractivity (Wildman–Crippen MR) is 91.0 cm³/mol. The summed E-state index contributed by atoms with van der Waals surface area (Å²) in [6.45, 7) is 3.62. The van der Waals surface area contributed by atoms with Crippen molar-refractivity contribution in [1.29, 1.82) is 0 Å². The lowest BCUT2D eigenvalue weighted by Crippen LogP contribution is -2.18. The first-order valence-corrected chi connectivity index (χ1v) is 7.37. The Kier molecular flexibility index (Phi) is 6.02. The molecule has 0 amide bonds. The van der Waals surface area contributed by atoms with Crippen molar-refractivity contribution in [2.45, 2.75) is 19.4 Å². The van der Waals surface area contributed by atoms with Crippen molar-refractivity contribution in [1.82, 2.24) is 5.32 Å². The molecule has 0 fully saturated rings. The zero-order chi connectivity index (χ0) is 14.9. The summed E-state index contributed by atoms with van der Waals surface area (Å²) in [5.74, 6) is 5.97. The molecule has 0 bridgehead atoms. The zero-order valence-electron chi connectivity index (χ0n) is 12.5. The molecule has 0 saturated heterocycles. The van der Waals surface area contributed by atoms with Crippen LogP contribution in [0, 0.1) is 11.8 Å². The van der Waals surface area contributed by atoms with E-state index in [1.54, 1.807) is 0 Å². The van der Waals surface area contributed by atoms with E-state index in [1.807, 2.05) is 12.2 Å². The lowest BCUT2D eigenvalue weighted by molar-refractivity contribution is 0.621. The maximum atomic E-state index is 5.38. The Balaban J connectivity index is 1.97. The van der Waals surface area contributed by atoms with Crippen LogP contribution in [0.3, 0.4) is 0 Å². The molecule has 1 unspecified atom stereocenters. The highest BCUT2D eigenvalue weighted by molar-refractivity contribution is 5.86. The first-order chi connectivity index (χ1) is 10.3. The van der Waals surface area contributed by atoms with Crippen molar-refractivity contribution < 1.29 is 0 Å². The van der Waals surface area contributed by atoms with Crippen LogP contribution in [0.5, 0.6) is 0 Å². The van der Waals surface area contributed by atoms with Crippen LogP contribution in [-0.4, -0.2) is 13.1 Å². The molecule has 0 radical (unpaired) electrons. The Bertz CT molecular complexity index is 657. The third kappa shape index (κ3) is 4.46. The quantitative estimate of drug-likeness (QED) is 0.823. The molecule has 3 N–H and O–H groups in total. The lowest BCUT2D eigenvalue weighted by atomic mass is 10.00. The number of hydrogen-bond acceptors (Lipinski definition) is 2. The smallest absolute Gasteiger partial charge is 0.0300 e. The summed E-state index contributed by atoms with van der Waals surface area (Å²) >= 11 is 0. The molecule has 0 aliphatic rings. The first-order valence-electron chi connectivity index (χ1n) is 7.37. The molecule has 0 aliphatic carbocycles. The van der Waals surface area contributed by atoms with Gasteiger partial charge in [-0.2, -0.15) is 0 Å². The highest BCUT2D eigenvalue weighted by Crippen LogP contribution is 2.23. The van der Waals surface area contributed by atoms with E-state index in [9.17, 15) is 0 Å². The molecule has 2 aromatic rings. The SMILES string of the molecule is CC(NCC=CC#CCCN)c1cccc2ccccc12. The van der Waals surface area contributed by atoms with Gasteiger partial charge in [-0.3, -0.25) is 0 Å². The fraction of sp³-hybridized carbons (Fsp3) is 0.263. The van der Waals surface area contributed by atoms with Gasteiger partial charge in [-0.1, -0.05) is 60.4 Å². The Hall–Kier alpha value is -2.08. The van der Waals surface area contributed by atoms with Gasteiger partial charge in [-0.25, -0.2) is 0 Å². The molecule has 0 heterocycles. The molecule has 0 spiro atoms. The van der Waals surface area contributed by atoms with Crippen molar-refractivity contribution in [2.24, 2.45) is 5.73 Å². The number of benzene rings is 2. The second-order valence-corrected chi connectivity index (χ2v) is 4.96. The predicted octanol–water partition coefficient (Wildman–Crippen LogP) is 3.40. The van der Waals surface area contributed by atoms with Crippen molar-refractivity contribution in [2.75, 3.05) is 13.1 Å². The number of hydrogen-bond donors (Lipinski definition) is 2. The largest absolute Gasteiger partial charge is 0.330 e. The number of rotatable bonds is 5. The summed E-state index contributed by atoms with van der Waals surface area (Å²) in [5.41, 5.74) is 6.71. The molecule has 0 aromatic heterocycles. The van der Waals surface area contributed by atoms with Crippen LogP contribution in [0.1, 0.15) is 24.9 Å². The number of nitrogens with one attached hydrogen (secondary N) is 1. The van der Waals surface area contributed by atoms with Gasteiger partial charge in [-0.05, 0) is 29.3 Å². The van der Waals surface area contributed by atoms with Gasteiger partial charge in [0.25, 0.3) is 0 Å². The molecular weight excluding hydrogens is 256 g/mol. The van der Waals surface area contributed by atoms with Crippen molar-refractivity contribution in [3.8, 4) is 11.8 Å². The van der Waals surface area contributed by atoms with Crippen molar-refractivity contribution in [3.05, 3.63) is 60.2 Å². The van der Waals surface area contributed by atoms with Gasteiger partial charge in [0.1, 0.15) is 0 Å². The molecule has 21 heavy (non-hydrogen) atoms. The van der Waals surface area contributed by atoms with Crippen LogP contribution in [0.2, 0.25) is 0 Å². The van der Waals surface area contributed by atoms with E-state index >= 15 is 0 Å². The fourth-order valence-corrected chi connectivity index (χ4v) is 2.30. The van der Waals surface area contributed by atoms with E-state index in [4.69, 9.17) is 5.73 Å². The minimum Gasteiger partial charge on any atom is -0.330 e. The van der Waals surface area contributed by atoms with Crippen LogP contribution < -0.4 is 11.1 Å². The lowest BCUT2D eigenvalue weighted by Gasteiger charge is -2.15. The normalized spacial score (nSPS) is 12.3. The summed E-state index contributed by atoms with van der Waals surface area (Å²) in [7, 11) is 0. The molecule has 2 aromatic carbocycles. The van der Waals surface area contributed by atoms with Gasteiger partial charge in [0.2, 0.25) is 0 Å². The van der Waals surface area contributed by atoms with E-state index in [1.165, 1.54) is 16.3 Å². The van der Waals surface area contributed by atoms with Gasteiger partial charge in [-0.15, -0.1) is 0 Å². The minimum atomic E-state index is 0.303. The van der Waals surface area contributed by atoms with E-state index < -0.39 is 0 Å². The Morgan fingerprint density at radius 2 is 2.00 bits per heavy atom. The summed E-state index contributed by atoms with van der Waals surface area (Å²) in [6.07, 6.45) is 4.69. The molecule has 2 nitrogen and oxygen atoms in total. The van der Waals surface area contributed by atoms with Gasteiger partial charge >= 0.3 is 0 Å². The van der Waals surface area contributed by atoms with Crippen LogP contribution in [0.25, 0.3) is 10.8 Å². The molecule has 0 saturated carbocycles. The van der Waals surface area contributed by atoms with E-state index in [-0.39, 0.29) is 0 Å². The van der Waals surface area contributed by atoms with Crippen LogP contribution in [0.15, 0.2) is 54.6 Å². The maximum absolute atomic E-state index is 5.38. The second-order valence-electron chi connectivity index (χ2n) is 4.96. The highest BCUT2D eigenvalue weighted by atomic mass is 14.9. The van der Waals surface area contributed by atoms with Crippen LogP contribution in [0.4, 0.5) is 0 Å². The van der Waals surface area contributed by atoms with Gasteiger partial charge < -0.3 is 11.1 Å². The average Bonchev–Trinajstić information content (AvgIpc) is 2.53. The van der Waals surface area contributed by atoms with Crippen LogP contribution >= 0.6 is 0 Å². The Morgan fingerprint density at radius 3 is 2.86 bits per heavy atom. The van der Waals surface area contributed by atoms with Gasteiger partial charge in [0.15, 0.2) is 0 Å². The summed E-state index contributed by atoms with van der Waals surface area (Å²) < 4.78 is 0. The monoisotopic (exact) mass is 278 g/mol. The third-order valence-corrected chi connectivity index (χ3v) is 3.40. The van der Waals surface area contributed by atoms with E-state index in [0.717, 1.165) is 13.0 Å². The van der Waals surface area contributed by atoms with E-state index in [0.29, 0.717) is 12.6 Å². The minimum absolute atomic E-state index is 0.303. The number of allylic oxidation sites excluding steroid dienone is 1. The standard InChI is InChI=1S/C19H22N2/c1-16(21-15-8-4-2-3-7-14-20)18-13-9-11-17-10-5-6-12-19(17)18/h4-6,8-13,16,21H,7,14-15,20H2,1H3. The summed E-state index contributed by atoms with van der Waals surface area (Å²) in [5, 5.41) is 6.10.